The van der Waals surface area contributed by atoms with Gasteiger partial charge in [-0.05, 0) is 50.6 Å². The zero-order valence-electron chi connectivity index (χ0n) is 21.6. The number of aromatic nitrogens is 3. The molecule has 11 nitrogen and oxygen atoms in total. The number of pyridine rings is 1. The summed E-state index contributed by atoms with van der Waals surface area (Å²) in [6, 6.07) is 4.65. The molecule has 2 fully saturated rings. The van der Waals surface area contributed by atoms with E-state index >= 15 is 0 Å². The van der Waals surface area contributed by atoms with Gasteiger partial charge in [0.05, 0.1) is 12.1 Å². The van der Waals surface area contributed by atoms with Crippen molar-refractivity contribution in [1.29, 1.82) is 0 Å². The van der Waals surface area contributed by atoms with Crippen LogP contribution in [0.25, 0.3) is 0 Å². The summed E-state index contributed by atoms with van der Waals surface area (Å²) in [5.74, 6) is -5.55. The van der Waals surface area contributed by atoms with Gasteiger partial charge in [0.2, 0.25) is 5.88 Å². The Morgan fingerprint density at radius 2 is 1.59 bits per heavy atom. The molecule has 2 saturated heterocycles. The molecule has 0 saturated carbocycles. The lowest BCUT2D eigenvalue weighted by molar-refractivity contribution is -0.193. The van der Waals surface area contributed by atoms with Gasteiger partial charge in [0.25, 0.3) is 5.91 Å². The van der Waals surface area contributed by atoms with Crippen LogP contribution in [0.5, 0.6) is 5.88 Å². The summed E-state index contributed by atoms with van der Waals surface area (Å²) in [7, 11) is 3.89. The van der Waals surface area contributed by atoms with Crippen molar-refractivity contribution in [1.82, 2.24) is 24.6 Å². The van der Waals surface area contributed by atoms with Gasteiger partial charge in [-0.15, -0.1) is 0 Å². The highest BCUT2D eigenvalue weighted by Crippen LogP contribution is 2.39. The number of carbonyl (C=O) groups is 3. The van der Waals surface area contributed by atoms with Gasteiger partial charge in [0, 0.05) is 32.5 Å². The van der Waals surface area contributed by atoms with E-state index in [-0.39, 0.29) is 17.3 Å². The van der Waals surface area contributed by atoms with Crippen LogP contribution in [0.15, 0.2) is 30.6 Å². The summed E-state index contributed by atoms with van der Waals surface area (Å²) in [6.45, 7) is 2.77. The van der Waals surface area contributed by atoms with Crippen molar-refractivity contribution in [3.8, 4) is 5.88 Å². The van der Waals surface area contributed by atoms with Crippen LogP contribution in [0.2, 0.25) is 0 Å². The molecule has 2 aliphatic heterocycles. The summed E-state index contributed by atoms with van der Waals surface area (Å²) in [6.07, 6.45) is -5.09. The SMILES string of the molecule is CN1CCC(COc2ncccc2F)CC12CN(C(=O)c1ccnn1C)C2.O=C(O)C(F)(F)F.O=C(O)C(F)(F)F. The first kappa shape index (κ1) is 33.2. The van der Waals surface area contributed by atoms with Gasteiger partial charge in [0.15, 0.2) is 5.82 Å². The number of rotatable bonds is 4. The summed E-state index contributed by atoms with van der Waals surface area (Å²) < 4.78 is 84.4. The molecule has 0 radical (unpaired) electrons. The lowest BCUT2D eigenvalue weighted by Crippen LogP contribution is -2.72. The standard InChI is InChI=1S/C19H24FN5O2.2C2HF3O2/c1-23-9-6-14(11-27-17-15(20)4-3-7-21-17)10-19(23)12-25(13-19)18(26)16-5-8-22-24(16)2;2*3-2(4,5)1(6)7/h3-5,7-8,14H,6,9-13H2,1-2H3;2*(H,6,7). The molecular weight excluding hydrogens is 575 g/mol. The van der Waals surface area contributed by atoms with E-state index in [9.17, 15) is 35.5 Å². The van der Waals surface area contributed by atoms with Crippen molar-refractivity contribution in [2.75, 3.05) is 33.3 Å². The molecule has 4 heterocycles. The second-order valence-electron chi connectivity index (χ2n) is 9.21. The predicted molar refractivity (Wildman–Crippen MR) is 124 cm³/mol. The van der Waals surface area contributed by atoms with Crippen molar-refractivity contribution in [3.63, 3.8) is 0 Å². The smallest absolute Gasteiger partial charge is 0.475 e. The minimum Gasteiger partial charge on any atom is -0.475 e. The number of carboxylic acid groups (broad SMARTS) is 2. The van der Waals surface area contributed by atoms with Crippen molar-refractivity contribution < 1.29 is 60.1 Å². The number of piperidine rings is 1. The zero-order valence-corrected chi connectivity index (χ0v) is 21.6. The van der Waals surface area contributed by atoms with E-state index in [1.807, 2.05) is 4.90 Å². The molecule has 2 aliphatic rings. The van der Waals surface area contributed by atoms with Crippen LogP contribution in [-0.2, 0) is 16.6 Å². The molecular formula is C23H26F7N5O6. The highest BCUT2D eigenvalue weighted by molar-refractivity contribution is 5.93. The van der Waals surface area contributed by atoms with Gasteiger partial charge in [-0.1, -0.05) is 0 Å². The Morgan fingerprint density at radius 1 is 1.02 bits per heavy atom. The van der Waals surface area contributed by atoms with E-state index in [1.165, 1.54) is 12.3 Å². The third-order valence-corrected chi connectivity index (χ3v) is 6.31. The molecule has 1 amide bonds. The maximum Gasteiger partial charge on any atom is 0.490 e. The third kappa shape index (κ3) is 9.02. The fourth-order valence-electron chi connectivity index (χ4n) is 4.15. The zero-order chi connectivity index (χ0) is 31.2. The van der Waals surface area contributed by atoms with Crippen molar-refractivity contribution >= 4 is 17.8 Å². The number of hydrogen-bond acceptors (Lipinski definition) is 7. The molecule has 4 rings (SSSR count). The fourth-order valence-corrected chi connectivity index (χ4v) is 4.15. The molecule has 0 aromatic carbocycles. The topological polar surface area (TPSA) is 138 Å². The molecule has 2 aromatic rings. The van der Waals surface area contributed by atoms with Crippen LogP contribution in [0.4, 0.5) is 30.7 Å². The summed E-state index contributed by atoms with van der Waals surface area (Å²) >= 11 is 0. The number of alkyl halides is 6. The number of carboxylic acids is 2. The Bertz CT molecular complexity index is 1190. The molecule has 1 unspecified atom stereocenters. The van der Waals surface area contributed by atoms with Gasteiger partial charge >= 0.3 is 24.3 Å². The number of aliphatic carboxylic acids is 2. The largest absolute Gasteiger partial charge is 0.490 e. The van der Waals surface area contributed by atoms with Crippen molar-refractivity contribution in [3.05, 3.63) is 42.1 Å². The number of likely N-dealkylation sites (N-methyl/N-ethyl adjacent to an activating group) is 1. The van der Waals surface area contributed by atoms with E-state index in [0.29, 0.717) is 31.3 Å². The molecule has 41 heavy (non-hydrogen) atoms. The molecule has 1 atom stereocenters. The highest BCUT2D eigenvalue weighted by atomic mass is 19.4. The second kappa shape index (κ2) is 13.1. The van der Waals surface area contributed by atoms with Crippen LogP contribution >= 0.6 is 0 Å². The first-order valence-electron chi connectivity index (χ1n) is 11.7. The number of ether oxygens (including phenoxy) is 1. The monoisotopic (exact) mass is 601 g/mol. The molecule has 2 aromatic heterocycles. The van der Waals surface area contributed by atoms with Crippen molar-refractivity contribution in [2.24, 2.45) is 13.0 Å². The molecule has 0 bridgehead atoms. The van der Waals surface area contributed by atoms with Crippen LogP contribution in [0, 0.1) is 11.7 Å². The number of carbonyl (C=O) groups excluding carboxylic acids is 1. The van der Waals surface area contributed by atoms with E-state index in [2.05, 4.69) is 22.0 Å². The van der Waals surface area contributed by atoms with Gasteiger partial charge < -0.3 is 19.8 Å². The molecule has 228 valence electrons. The van der Waals surface area contributed by atoms with Gasteiger partial charge in [-0.3, -0.25) is 14.4 Å². The fraction of sp³-hybridized carbons (Fsp3) is 0.522. The van der Waals surface area contributed by atoms with E-state index in [1.54, 1.807) is 30.1 Å². The van der Waals surface area contributed by atoms with Crippen LogP contribution < -0.4 is 4.74 Å². The Hall–Kier alpha value is -3.96. The first-order valence-corrected chi connectivity index (χ1v) is 11.7. The first-order chi connectivity index (χ1) is 18.9. The van der Waals surface area contributed by atoms with E-state index < -0.39 is 30.1 Å². The average molecular weight is 601 g/mol. The molecule has 1 spiro atoms. The van der Waals surface area contributed by atoms with Crippen LogP contribution in [-0.4, -0.2) is 104 Å². The maximum atomic E-state index is 13.7. The Morgan fingerprint density at radius 3 is 2.05 bits per heavy atom. The molecule has 0 aliphatic carbocycles. The Balaban J connectivity index is 0.000000349. The number of nitrogens with zero attached hydrogens (tertiary/aromatic N) is 5. The lowest BCUT2D eigenvalue weighted by atomic mass is 9.75. The lowest BCUT2D eigenvalue weighted by Gasteiger charge is -2.58. The van der Waals surface area contributed by atoms with Crippen LogP contribution in [0.3, 0.4) is 0 Å². The molecule has 2 N–H and O–H groups in total. The molecule has 18 heteroatoms. The second-order valence-corrected chi connectivity index (χ2v) is 9.21. The number of amides is 1. The van der Waals surface area contributed by atoms with Gasteiger partial charge in [-0.25, -0.2) is 19.0 Å². The highest BCUT2D eigenvalue weighted by Gasteiger charge is 2.51. The number of hydrogen-bond donors (Lipinski definition) is 2. The van der Waals surface area contributed by atoms with E-state index in [4.69, 9.17) is 24.5 Å². The predicted octanol–water partition coefficient (Wildman–Crippen LogP) is 2.84. The average Bonchev–Trinajstić information content (AvgIpc) is 3.28. The number of halogens is 7. The maximum absolute atomic E-state index is 13.7. The summed E-state index contributed by atoms with van der Waals surface area (Å²) in [5.41, 5.74) is 0.581. The summed E-state index contributed by atoms with van der Waals surface area (Å²) in [4.78, 5) is 38.6. The van der Waals surface area contributed by atoms with Crippen LogP contribution in [0.1, 0.15) is 23.3 Å². The van der Waals surface area contributed by atoms with E-state index in [0.717, 1.165) is 19.4 Å². The van der Waals surface area contributed by atoms with Gasteiger partial charge in [-0.2, -0.15) is 31.4 Å². The minimum absolute atomic E-state index is 0.0166. The Kier molecular flexibility index (Phi) is 10.7. The minimum atomic E-state index is -5.08. The van der Waals surface area contributed by atoms with Crippen molar-refractivity contribution in [2.45, 2.75) is 30.7 Å². The van der Waals surface area contributed by atoms with Gasteiger partial charge in [0.1, 0.15) is 5.69 Å². The Labute approximate surface area is 228 Å². The normalized spacial score (nSPS) is 18.3. The quantitative estimate of drug-likeness (QED) is 0.507. The summed E-state index contributed by atoms with van der Waals surface area (Å²) in [5, 5.41) is 18.3. The number of aryl methyl sites for hydroxylation is 1. The third-order valence-electron chi connectivity index (χ3n) is 6.31. The number of likely N-dealkylation sites (tertiary alicyclic amines) is 2.